The Bertz CT molecular complexity index is 1100. The average Bonchev–Trinajstić information content (AvgIpc) is 2.94. The van der Waals surface area contributed by atoms with Crippen molar-refractivity contribution in [3.63, 3.8) is 0 Å². The molecule has 6 N–H and O–H groups in total. The van der Waals surface area contributed by atoms with E-state index < -0.39 is 35.0 Å². The Morgan fingerprint density at radius 3 is 0.795 bits per heavy atom. The number of aliphatic carboxylic acids is 2. The van der Waals surface area contributed by atoms with E-state index in [0.29, 0.717) is 0 Å². The van der Waals surface area contributed by atoms with Crippen LogP contribution < -0.4 is 10.2 Å². The van der Waals surface area contributed by atoms with Gasteiger partial charge in [0.2, 0.25) is 0 Å². The molecule has 0 saturated heterocycles. The zero-order valence-electron chi connectivity index (χ0n) is 22.2. The van der Waals surface area contributed by atoms with Crippen molar-refractivity contribution in [2.45, 2.75) is 12.8 Å². The van der Waals surface area contributed by atoms with Crippen molar-refractivity contribution in [3.05, 3.63) is 128 Å². The molecule has 0 bridgehead atoms. The van der Waals surface area contributed by atoms with Crippen molar-refractivity contribution in [3.8, 4) is 22.8 Å². The van der Waals surface area contributed by atoms with Gasteiger partial charge in [-0.15, -0.1) is 0 Å². The molecular weight excluding hydrogens is 691 g/mol. The quantitative estimate of drug-likeness (QED) is 0.106. The minimum atomic E-state index is -1.75. The van der Waals surface area contributed by atoms with Gasteiger partial charge in [-0.05, 0) is 61.4 Å². The van der Waals surface area contributed by atoms with Crippen LogP contribution in [0.25, 0.3) is 22.8 Å². The van der Waals surface area contributed by atoms with Gasteiger partial charge in [-0.2, -0.15) is 0 Å². The average molecular weight is 718 g/mol. The molecule has 44 heavy (non-hydrogen) atoms. The summed E-state index contributed by atoms with van der Waals surface area (Å²) in [6.45, 7) is 0. The van der Waals surface area contributed by atoms with Gasteiger partial charge in [0.25, 0.3) is 0 Å². The molecule has 0 aromatic carbocycles. The van der Waals surface area contributed by atoms with E-state index in [1.807, 2.05) is 72.8 Å². The van der Waals surface area contributed by atoms with Gasteiger partial charge in [0.05, 0.1) is 32.9 Å². The van der Waals surface area contributed by atoms with E-state index in [-0.39, 0.29) is 45.1 Å². The molecule has 0 unspecified atom stereocenters. The summed E-state index contributed by atoms with van der Waals surface area (Å²) in [4.78, 5) is 52.2. The molecule has 0 amide bonds. The summed E-state index contributed by atoms with van der Waals surface area (Å²) in [7, 11) is 0. The molecule has 18 nitrogen and oxygen atoms in total. The van der Waals surface area contributed by atoms with Gasteiger partial charge in [-0.3, -0.25) is 19.9 Å². The third kappa shape index (κ3) is 29.9. The zero-order valence-corrected chi connectivity index (χ0v) is 24.1. The van der Waals surface area contributed by atoms with Crippen molar-refractivity contribution >= 4 is 11.9 Å². The van der Waals surface area contributed by atoms with Crippen LogP contribution >= 0.6 is 0 Å². The van der Waals surface area contributed by atoms with Crippen LogP contribution in [0.2, 0.25) is 0 Å². The first-order valence-electron chi connectivity index (χ1n) is 10.7. The van der Waals surface area contributed by atoms with Crippen LogP contribution in [0.5, 0.6) is 0 Å². The van der Waals surface area contributed by atoms with Crippen LogP contribution in [0.4, 0.5) is 0 Å². The monoisotopic (exact) mass is 716 g/mol. The Kier molecular flexibility index (Phi) is 34.1. The minimum absolute atomic E-state index is 0. The van der Waals surface area contributed by atoms with E-state index in [1.54, 1.807) is 24.8 Å². The topological polar surface area (TPSA) is 330 Å². The fourth-order valence-corrected chi connectivity index (χ4v) is 2.26. The molecule has 4 aromatic rings. The summed E-state index contributed by atoms with van der Waals surface area (Å²) in [6.07, 6.45) is 6.13. The number of carbonyl (C=O) groups is 2. The SMILES string of the molecule is O=C([O-])CCC(=O)[O-].O=[N+]([O-])[O-].O=[N+]([O-])[O-].[Cu+2].[Cu+2].[OH3+].[OH3+].c1ccc(-c2ccccn2)nc1.c1ccc(-c2ccccn2)nc1. The maximum atomic E-state index is 9.50. The first kappa shape index (κ1) is 48.6. The van der Waals surface area contributed by atoms with Crippen LogP contribution in [0.15, 0.2) is 97.6 Å². The van der Waals surface area contributed by atoms with Gasteiger partial charge in [0.15, 0.2) is 0 Å². The number of rotatable bonds is 5. The second-order valence-electron chi connectivity index (χ2n) is 6.55. The van der Waals surface area contributed by atoms with Gasteiger partial charge in [-0.1, -0.05) is 24.3 Å². The van der Waals surface area contributed by atoms with Gasteiger partial charge in [0, 0.05) is 36.7 Å². The van der Waals surface area contributed by atoms with Crippen LogP contribution in [-0.4, -0.2) is 42.0 Å². The molecule has 0 aliphatic rings. The van der Waals surface area contributed by atoms with Crippen molar-refractivity contribution in [1.82, 2.24) is 19.9 Å². The number of aromatic nitrogens is 4. The van der Waals surface area contributed by atoms with Gasteiger partial charge >= 0.3 is 34.1 Å². The number of hydrogen-bond acceptors (Lipinski definition) is 14. The first-order valence-corrected chi connectivity index (χ1v) is 10.7. The van der Waals surface area contributed by atoms with Crippen LogP contribution in [0.3, 0.4) is 0 Å². The molecule has 2 radical (unpaired) electrons. The maximum Gasteiger partial charge on any atom is 2.00 e. The van der Waals surface area contributed by atoms with Crippen molar-refractivity contribution in [2.24, 2.45) is 0 Å². The van der Waals surface area contributed by atoms with Crippen LogP contribution in [-0.2, 0) is 54.7 Å². The number of carbonyl (C=O) groups excluding carboxylic acids is 2. The number of pyridine rings is 4. The normalized spacial score (nSPS) is 7.91. The predicted octanol–water partition coefficient (Wildman–Crippen LogP) is -0.773. The molecule has 0 aliphatic carbocycles. The van der Waals surface area contributed by atoms with Crippen molar-refractivity contribution in [2.75, 3.05) is 0 Å². The molecule has 0 saturated carbocycles. The Labute approximate surface area is 270 Å². The van der Waals surface area contributed by atoms with E-state index >= 15 is 0 Å². The third-order valence-electron chi connectivity index (χ3n) is 3.72. The molecule has 0 spiro atoms. The molecule has 4 rings (SSSR count). The predicted molar refractivity (Wildman–Crippen MR) is 145 cm³/mol. The summed E-state index contributed by atoms with van der Waals surface area (Å²) < 4.78 is 0. The molecule has 20 heteroatoms. The molecule has 0 aliphatic heterocycles. The van der Waals surface area contributed by atoms with E-state index in [9.17, 15) is 19.8 Å². The first-order chi connectivity index (χ1) is 19.0. The fourth-order valence-electron chi connectivity index (χ4n) is 2.26. The molecule has 244 valence electrons. The van der Waals surface area contributed by atoms with E-state index in [2.05, 4.69) is 19.9 Å². The maximum absolute atomic E-state index is 9.50. The van der Waals surface area contributed by atoms with Crippen molar-refractivity contribution in [1.29, 1.82) is 0 Å². The zero-order chi connectivity index (χ0) is 30.2. The number of carboxylic acid groups (broad SMARTS) is 2. The summed E-state index contributed by atoms with van der Waals surface area (Å²) in [6, 6.07) is 23.2. The minimum Gasteiger partial charge on any atom is -0.550 e. The largest absolute Gasteiger partial charge is 2.00 e. The summed E-state index contributed by atoms with van der Waals surface area (Å²) >= 11 is 0. The second-order valence-corrected chi connectivity index (χ2v) is 6.55. The van der Waals surface area contributed by atoms with Crippen LogP contribution in [0, 0.1) is 30.6 Å². The summed E-state index contributed by atoms with van der Waals surface area (Å²) in [5.41, 5.74) is 3.66. The van der Waals surface area contributed by atoms with Crippen LogP contribution in [0.1, 0.15) is 12.8 Å². The Morgan fingerprint density at radius 1 is 0.500 bits per heavy atom. The van der Waals surface area contributed by atoms with Gasteiger partial charge < -0.3 is 61.4 Å². The Balaban J connectivity index is -0.000000150. The van der Waals surface area contributed by atoms with Gasteiger partial charge in [0.1, 0.15) is 0 Å². The Morgan fingerprint density at radius 2 is 0.682 bits per heavy atom. The summed E-state index contributed by atoms with van der Waals surface area (Å²) in [5, 5.41) is 48.5. The number of nitrogens with zero attached hydrogens (tertiary/aromatic N) is 6. The molecule has 0 atom stereocenters. The second kappa shape index (κ2) is 30.8. The fraction of sp³-hybridized carbons (Fsp3) is 0.0833. The summed E-state index contributed by atoms with van der Waals surface area (Å²) in [5.74, 6) is -2.73. The van der Waals surface area contributed by atoms with E-state index in [4.69, 9.17) is 30.6 Å². The molecule has 0 fully saturated rings. The molecular formula is C24H26Cu2N6O12+2. The molecule has 4 aromatic heterocycles. The van der Waals surface area contributed by atoms with Gasteiger partial charge in [-0.25, -0.2) is 0 Å². The van der Waals surface area contributed by atoms with E-state index in [1.165, 1.54) is 0 Å². The van der Waals surface area contributed by atoms with E-state index in [0.717, 1.165) is 22.8 Å². The number of hydrogen-bond donors (Lipinski definition) is 0. The Hall–Kier alpha value is -5.10. The number of carboxylic acids is 2. The molecule has 4 heterocycles. The van der Waals surface area contributed by atoms with Crippen molar-refractivity contribution < 1.29 is 75.1 Å². The smallest absolute Gasteiger partial charge is 0.550 e. The standard InChI is InChI=1S/2C10H8N2.C4H6O4.2Cu.2NO3.2H2O/c2*1-3-7-11-9(5-1)10-6-2-4-8-12-10;5-3(6)1-2-4(7)8;;;2*2-1(3)4;;/h2*1-8H;1-2H2,(H,5,6)(H,7,8);;;;;2*1H2/q;;;2*+2;2*-1;;. The third-order valence-corrected chi connectivity index (χ3v) is 3.72.